The van der Waals surface area contributed by atoms with Crippen molar-refractivity contribution >= 4 is 0 Å². The smallest absolute Gasteiger partial charge is 0.150 e. The maximum absolute atomic E-state index is 6.32. The first-order valence-electron chi connectivity index (χ1n) is 6.37. The summed E-state index contributed by atoms with van der Waals surface area (Å²) in [6.45, 7) is 2.07. The van der Waals surface area contributed by atoms with E-state index >= 15 is 0 Å². The Hall–Kier alpha value is -0.900. The minimum Gasteiger partial charge on any atom is -0.321 e. The summed E-state index contributed by atoms with van der Waals surface area (Å²) < 4.78 is 1.86. The van der Waals surface area contributed by atoms with Gasteiger partial charge in [-0.05, 0) is 18.8 Å². The zero-order valence-electron chi connectivity index (χ0n) is 10.3. The van der Waals surface area contributed by atoms with Crippen molar-refractivity contribution in [3.8, 4) is 0 Å². The van der Waals surface area contributed by atoms with E-state index in [2.05, 4.69) is 17.0 Å². The van der Waals surface area contributed by atoms with E-state index in [1.165, 1.54) is 32.1 Å². The number of aryl methyl sites for hydroxylation is 2. The van der Waals surface area contributed by atoms with Crippen molar-refractivity contribution in [2.75, 3.05) is 0 Å². The summed E-state index contributed by atoms with van der Waals surface area (Å²) in [6, 6.07) is 0.0677. The zero-order valence-corrected chi connectivity index (χ0v) is 10.3. The van der Waals surface area contributed by atoms with Crippen LogP contribution in [0.3, 0.4) is 0 Å². The van der Waals surface area contributed by atoms with Crippen LogP contribution in [0.1, 0.15) is 56.7 Å². The molecule has 16 heavy (non-hydrogen) atoms. The van der Waals surface area contributed by atoms with Gasteiger partial charge in [-0.15, -0.1) is 0 Å². The molecular formula is C12H22N4. The van der Waals surface area contributed by atoms with Crippen LogP contribution in [0.15, 0.2) is 0 Å². The van der Waals surface area contributed by atoms with Gasteiger partial charge in [-0.3, -0.25) is 4.68 Å². The Morgan fingerprint density at radius 3 is 2.62 bits per heavy atom. The lowest BCUT2D eigenvalue weighted by atomic mass is 9.84. The molecule has 1 aromatic rings. The number of nitrogens with zero attached hydrogens (tertiary/aromatic N) is 3. The largest absolute Gasteiger partial charge is 0.321 e. The molecule has 0 amide bonds. The number of nitrogens with two attached hydrogens (primary N) is 1. The molecule has 0 aromatic carbocycles. The molecule has 2 rings (SSSR count). The van der Waals surface area contributed by atoms with E-state index in [9.17, 15) is 0 Å². The van der Waals surface area contributed by atoms with Gasteiger partial charge < -0.3 is 5.73 Å². The standard InChI is InChI=1S/C12H22N4/c1-3-10-14-12(16(2)15-10)11(13)9-7-5-4-6-8-9/h9,11H,3-8,13H2,1-2H3. The SMILES string of the molecule is CCc1nc(C(N)C2CCCCC2)n(C)n1. The normalized spacial score (nSPS) is 19.9. The van der Waals surface area contributed by atoms with Gasteiger partial charge in [0.05, 0.1) is 6.04 Å². The van der Waals surface area contributed by atoms with Gasteiger partial charge >= 0.3 is 0 Å². The van der Waals surface area contributed by atoms with Crippen molar-refractivity contribution in [2.24, 2.45) is 18.7 Å². The molecule has 1 aliphatic rings. The average molecular weight is 222 g/mol. The lowest BCUT2D eigenvalue weighted by molar-refractivity contribution is 0.296. The topological polar surface area (TPSA) is 56.7 Å². The average Bonchev–Trinajstić information content (AvgIpc) is 2.71. The lowest BCUT2D eigenvalue weighted by Gasteiger charge is -2.26. The van der Waals surface area contributed by atoms with Gasteiger partial charge in [0.1, 0.15) is 5.82 Å². The Kier molecular flexibility index (Phi) is 3.59. The first kappa shape index (κ1) is 11.6. The molecule has 4 nitrogen and oxygen atoms in total. The summed E-state index contributed by atoms with van der Waals surface area (Å²) in [7, 11) is 1.95. The van der Waals surface area contributed by atoms with Gasteiger partial charge in [-0.25, -0.2) is 4.98 Å². The van der Waals surface area contributed by atoms with Crippen molar-refractivity contribution in [3.05, 3.63) is 11.6 Å². The van der Waals surface area contributed by atoms with E-state index in [-0.39, 0.29) is 6.04 Å². The molecule has 1 saturated carbocycles. The highest BCUT2D eigenvalue weighted by atomic mass is 15.3. The summed E-state index contributed by atoms with van der Waals surface area (Å²) in [6.07, 6.45) is 7.37. The Labute approximate surface area is 97.2 Å². The van der Waals surface area contributed by atoms with Crippen molar-refractivity contribution in [2.45, 2.75) is 51.5 Å². The second kappa shape index (κ2) is 4.95. The maximum atomic E-state index is 6.32. The molecule has 90 valence electrons. The van der Waals surface area contributed by atoms with Crippen LogP contribution in [0, 0.1) is 5.92 Å². The molecule has 1 unspecified atom stereocenters. The molecule has 0 saturated heterocycles. The molecule has 1 fully saturated rings. The molecule has 0 spiro atoms. The van der Waals surface area contributed by atoms with Crippen LogP contribution in [0.5, 0.6) is 0 Å². The summed E-state index contributed by atoms with van der Waals surface area (Å²) in [5.74, 6) is 2.47. The minimum absolute atomic E-state index is 0.0677. The second-order valence-electron chi connectivity index (χ2n) is 4.79. The van der Waals surface area contributed by atoms with Gasteiger partial charge in [-0.2, -0.15) is 5.10 Å². The molecule has 0 radical (unpaired) electrons. The summed E-state index contributed by atoms with van der Waals surface area (Å²) in [4.78, 5) is 4.53. The van der Waals surface area contributed by atoms with E-state index in [1.807, 2.05) is 11.7 Å². The summed E-state index contributed by atoms with van der Waals surface area (Å²) in [5.41, 5.74) is 6.32. The highest BCUT2D eigenvalue weighted by Gasteiger charge is 2.25. The van der Waals surface area contributed by atoms with Crippen molar-refractivity contribution in [1.82, 2.24) is 14.8 Å². The van der Waals surface area contributed by atoms with Crippen LogP contribution in [0.4, 0.5) is 0 Å². The maximum Gasteiger partial charge on any atom is 0.150 e. The summed E-state index contributed by atoms with van der Waals surface area (Å²) in [5, 5.41) is 4.37. The van der Waals surface area contributed by atoms with E-state index in [4.69, 9.17) is 5.73 Å². The molecule has 1 aliphatic carbocycles. The van der Waals surface area contributed by atoms with Crippen molar-refractivity contribution in [3.63, 3.8) is 0 Å². The van der Waals surface area contributed by atoms with Gasteiger partial charge in [0.2, 0.25) is 0 Å². The Morgan fingerprint density at radius 2 is 2.06 bits per heavy atom. The van der Waals surface area contributed by atoms with E-state index in [0.717, 1.165) is 18.1 Å². The van der Waals surface area contributed by atoms with Crippen molar-refractivity contribution in [1.29, 1.82) is 0 Å². The Bertz CT molecular complexity index is 339. The molecule has 0 aliphatic heterocycles. The first-order valence-corrected chi connectivity index (χ1v) is 6.37. The molecule has 1 atom stereocenters. The third-order valence-electron chi connectivity index (χ3n) is 3.61. The first-order chi connectivity index (χ1) is 7.72. The fraction of sp³-hybridized carbons (Fsp3) is 0.833. The highest BCUT2D eigenvalue weighted by molar-refractivity contribution is 5.00. The molecule has 1 heterocycles. The van der Waals surface area contributed by atoms with Crippen LogP contribution in [-0.4, -0.2) is 14.8 Å². The van der Waals surface area contributed by atoms with Gasteiger partial charge in [0, 0.05) is 13.5 Å². The van der Waals surface area contributed by atoms with Crippen LogP contribution in [0.25, 0.3) is 0 Å². The number of hydrogen-bond donors (Lipinski definition) is 1. The number of hydrogen-bond acceptors (Lipinski definition) is 3. The third kappa shape index (κ3) is 2.26. The molecule has 1 aromatic heterocycles. The van der Waals surface area contributed by atoms with Gasteiger partial charge in [-0.1, -0.05) is 26.2 Å². The van der Waals surface area contributed by atoms with Crippen LogP contribution in [0.2, 0.25) is 0 Å². The molecular weight excluding hydrogens is 200 g/mol. The van der Waals surface area contributed by atoms with Crippen LogP contribution < -0.4 is 5.73 Å². The molecule has 2 N–H and O–H groups in total. The Balaban J connectivity index is 2.12. The van der Waals surface area contributed by atoms with Crippen LogP contribution in [-0.2, 0) is 13.5 Å². The zero-order chi connectivity index (χ0) is 11.5. The van der Waals surface area contributed by atoms with Gasteiger partial charge in [0.25, 0.3) is 0 Å². The van der Waals surface area contributed by atoms with Crippen LogP contribution >= 0.6 is 0 Å². The predicted molar refractivity (Wildman–Crippen MR) is 63.9 cm³/mol. The quantitative estimate of drug-likeness (QED) is 0.850. The fourth-order valence-electron chi connectivity index (χ4n) is 2.60. The minimum atomic E-state index is 0.0677. The van der Waals surface area contributed by atoms with E-state index in [1.54, 1.807) is 0 Å². The highest BCUT2D eigenvalue weighted by Crippen LogP contribution is 2.31. The summed E-state index contributed by atoms with van der Waals surface area (Å²) >= 11 is 0. The van der Waals surface area contributed by atoms with E-state index < -0.39 is 0 Å². The van der Waals surface area contributed by atoms with Crippen molar-refractivity contribution < 1.29 is 0 Å². The number of rotatable bonds is 3. The Morgan fingerprint density at radius 1 is 1.38 bits per heavy atom. The number of aromatic nitrogens is 3. The van der Waals surface area contributed by atoms with E-state index in [0.29, 0.717) is 5.92 Å². The predicted octanol–water partition coefficient (Wildman–Crippen LogP) is 1.96. The molecule has 4 heteroatoms. The second-order valence-corrected chi connectivity index (χ2v) is 4.79. The lowest BCUT2D eigenvalue weighted by Crippen LogP contribution is -2.26. The monoisotopic (exact) mass is 222 g/mol. The third-order valence-corrected chi connectivity index (χ3v) is 3.61. The molecule has 0 bridgehead atoms. The van der Waals surface area contributed by atoms with Gasteiger partial charge in [0.15, 0.2) is 5.82 Å². The fourth-order valence-corrected chi connectivity index (χ4v) is 2.60.